The van der Waals surface area contributed by atoms with Gasteiger partial charge in [0.25, 0.3) is 0 Å². The minimum Gasteiger partial charge on any atom is -0.493 e. The fourth-order valence-corrected chi connectivity index (χ4v) is 2.80. The van der Waals surface area contributed by atoms with E-state index in [1.54, 1.807) is 0 Å². The molecule has 20 heavy (non-hydrogen) atoms. The lowest BCUT2D eigenvalue weighted by molar-refractivity contribution is 0.288. The minimum atomic E-state index is 0.490. The molecule has 1 N–H and O–H groups in total. The van der Waals surface area contributed by atoms with E-state index in [0.717, 1.165) is 37.7 Å². The molecule has 1 aromatic carbocycles. The van der Waals surface area contributed by atoms with Gasteiger partial charge in [0.15, 0.2) is 0 Å². The quantitative estimate of drug-likeness (QED) is 0.791. The highest BCUT2D eigenvalue weighted by Crippen LogP contribution is 2.29. The lowest BCUT2D eigenvalue weighted by Crippen LogP contribution is -2.23. The third kappa shape index (κ3) is 4.24. The molecule has 2 nitrogen and oxygen atoms in total. The number of nitrogens with one attached hydrogen (secondary N) is 1. The first-order valence-corrected chi connectivity index (χ1v) is 8.19. The highest BCUT2D eigenvalue weighted by molar-refractivity contribution is 5.39. The predicted octanol–water partition coefficient (Wildman–Crippen LogP) is 4.49. The van der Waals surface area contributed by atoms with Gasteiger partial charge in [-0.2, -0.15) is 0 Å². The third-order valence-electron chi connectivity index (χ3n) is 4.01. The zero-order valence-electron chi connectivity index (χ0n) is 13.2. The Hall–Kier alpha value is -1.02. The summed E-state index contributed by atoms with van der Waals surface area (Å²) in [6.45, 7) is 8.80. The van der Waals surface area contributed by atoms with Crippen molar-refractivity contribution in [1.82, 2.24) is 5.32 Å². The molecule has 0 amide bonds. The summed E-state index contributed by atoms with van der Waals surface area (Å²) in [7, 11) is 0. The fourth-order valence-electron chi connectivity index (χ4n) is 2.80. The van der Waals surface area contributed by atoms with Gasteiger partial charge in [0.1, 0.15) is 5.75 Å². The van der Waals surface area contributed by atoms with E-state index >= 15 is 0 Å². The summed E-state index contributed by atoms with van der Waals surface area (Å²) in [6.07, 6.45) is 5.99. The molecule has 0 bridgehead atoms. The maximum absolute atomic E-state index is 5.72. The van der Waals surface area contributed by atoms with Gasteiger partial charge in [-0.1, -0.05) is 32.9 Å². The van der Waals surface area contributed by atoms with Crippen molar-refractivity contribution in [2.45, 2.75) is 58.9 Å². The average Bonchev–Trinajstić information content (AvgIpc) is 2.46. The number of hydrogen-bond donors (Lipinski definition) is 1. The van der Waals surface area contributed by atoms with Crippen LogP contribution in [0.4, 0.5) is 0 Å². The van der Waals surface area contributed by atoms with E-state index in [1.165, 1.54) is 30.4 Å². The molecule has 0 radical (unpaired) electrons. The van der Waals surface area contributed by atoms with Crippen molar-refractivity contribution in [3.8, 4) is 5.75 Å². The van der Waals surface area contributed by atoms with E-state index in [9.17, 15) is 0 Å². The second-order valence-electron chi connectivity index (χ2n) is 6.30. The molecule has 0 saturated carbocycles. The van der Waals surface area contributed by atoms with Gasteiger partial charge in [0.05, 0.1) is 6.61 Å². The van der Waals surface area contributed by atoms with E-state index in [-0.39, 0.29) is 0 Å². The molecular weight excluding hydrogens is 246 g/mol. The number of hydrogen-bond acceptors (Lipinski definition) is 2. The molecule has 1 unspecified atom stereocenters. The topological polar surface area (TPSA) is 21.3 Å². The first kappa shape index (κ1) is 15.4. The third-order valence-corrected chi connectivity index (χ3v) is 4.01. The second kappa shape index (κ2) is 7.68. The molecular formula is C18H29NO. The normalized spacial score (nSPS) is 15.8. The van der Waals surface area contributed by atoms with Crippen LogP contribution in [0.25, 0.3) is 0 Å². The fraction of sp³-hybridized carbons (Fsp3) is 0.667. The molecule has 0 aliphatic carbocycles. The van der Waals surface area contributed by atoms with E-state index in [0.29, 0.717) is 6.04 Å². The smallest absolute Gasteiger partial charge is 0.122 e. The minimum absolute atomic E-state index is 0.490. The molecule has 1 aliphatic rings. The number of ether oxygens (including phenoxy) is 1. The highest BCUT2D eigenvalue weighted by Gasteiger charge is 2.16. The second-order valence-corrected chi connectivity index (χ2v) is 6.30. The van der Waals surface area contributed by atoms with Crippen molar-refractivity contribution in [3.63, 3.8) is 0 Å². The number of aryl methyl sites for hydroxylation is 1. The number of fused-ring (bicyclic) bond motifs is 1. The molecule has 1 atom stereocenters. The molecule has 2 heteroatoms. The van der Waals surface area contributed by atoms with E-state index in [1.807, 2.05) is 0 Å². The van der Waals surface area contributed by atoms with E-state index in [2.05, 4.69) is 44.3 Å². The van der Waals surface area contributed by atoms with Crippen LogP contribution in [0, 0.1) is 5.92 Å². The van der Waals surface area contributed by atoms with Crippen molar-refractivity contribution in [1.29, 1.82) is 0 Å². The Labute approximate surface area is 123 Å². The van der Waals surface area contributed by atoms with Crippen molar-refractivity contribution >= 4 is 0 Å². The largest absolute Gasteiger partial charge is 0.493 e. The Morgan fingerprint density at radius 3 is 2.85 bits per heavy atom. The molecule has 112 valence electrons. The SMILES string of the molecule is CCCNC(CCC(C)C)c1ccc2c(c1)CCCO2. The lowest BCUT2D eigenvalue weighted by Gasteiger charge is -2.23. The van der Waals surface area contributed by atoms with Crippen LogP contribution in [0.2, 0.25) is 0 Å². The Morgan fingerprint density at radius 1 is 1.25 bits per heavy atom. The molecule has 1 aliphatic heterocycles. The first-order valence-electron chi connectivity index (χ1n) is 8.19. The standard InChI is InChI=1S/C18H29NO/c1-4-11-19-17(9-7-14(2)3)15-8-10-18-16(13-15)6-5-12-20-18/h8,10,13-14,17,19H,4-7,9,11-12H2,1-3H3. The molecule has 1 aromatic rings. The zero-order chi connectivity index (χ0) is 14.4. The molecule has 2 rings (SSSR count). The van der Waals surface area contributed by atoms with Crippen LogP contribution in [-0.4, -0.2) is 13.2 Å². The molecule has 0 fully saturated rings. The van der Waals surface area contributed by atoms with Crippen molar-refractivity contribution < 1.29 is 4.74 Å². The Kier molecular flexibility index (Phi) is 5.90. The van der Waals surface area contributed by atoms with Gasteiger partial charge >= 0.3 is 0 Å². The molecule has 0 spiro atoms. The summed E-state index contributed by atoms with van der Waals surface area (Å²) in [6, 6.07) is 7.27. The summed E-state index contributed by atoms with van der Waals surface area (Å²) >= 11 is 0. The van der Waals surface area contributed by atoms with Crippen molar-refractivity contribution in [2.75, 3.05) is 13.2 Å². The van der Waals surface area contributed by atoms with Crippen molar-refractivity contribution in [2.24, 2.45) is 5.92 Å². The van der Waals surface area contributed by atoms with Crippen LogP contribution in [0.5, 0.6) is 5.75 Å². The van der Waals surface area contributed by atoms with Crippen LogP contribution >= 0.6 is 0 Å². The maximum atomic E-state index is 5.72. The maximum Gasteiger partial charge on any atom is 0.122 e. The predicted molar refractivity (Wildman–Crippen MR) is 85.4 cm³/mol. The summed E-state index contributed by atoms with van der Waals surface area (Å²) in [4.78, 5) is 0. The highest BCUT2D eigenvalue weighted by atomic mass is 16.5. The summed E-state index contributed by atoms with van der Waals surface area (Å²) in [5, 5.41) is 3.71. The first-order chi connectivity index (χ1) is 9.70. The van der Waals surface area contributed by atoms with Crippen LogP contribution in [-0.2, 0) is 6.42 Å². The molecule has 1 heterocycles. The van der Waals surface area contributed by atoms with E-state index in [4.69, 9.17) is 4.74 Å². The van der Waals surface area contributed by atoms with Gasteiger partial charge in [-0.25, -0.2) is 0 Å². The van der Waals surface area contributed by atoms with Crippen LogP contribution in [0.15, 0.2) is 18.2 Å². The summed E-state index contributed by atoms with van der Waals surface area (Å²) in [5.74, 6) is 1.86. The summed E-state index contributed by atoms with van der Waals surface area (Å²) < 4.78 is 5.72. The van der Waals surface area contributed by atoms with Crippen molar-refractivity contribution in [3.05, 3.63) is 29.3 Å². The van der Waals surface area contributed by atoms with Gasteiger partial charge in [-0.3, -0.25) is 0 Å². The number of benzene rings is 1. The molecule has 0 saturated heterocycles. The monoisotopic (exact) mass is 275 g/mol. The van der Waals surface area contributed by atoms with Crippen LogP contribution in [0.1, 0.15) is 63.6 Å². The average molecular weight is 275 g/mol. The lowest BCUT2D eigenvalue weighted by atomic mass is 9.94. The van der Waals surface area contributed by atoms with Gasteiger partial charge in [-0.15, -0.1) is 0 Å². The van der Waals surface area contributed by atoms with Gasteiger partial charge in [0.2, 0.25) is 0 Å². The Balaban J connectivity index is 2.10. The Bertz CT molecular complexity index is 414. The summed E-state index contributed by atoms with van der Waals surface area (Å²) in [5.41, 5.74) is 2.82. The van der Waals surface area contributed by atoms with E-state index < -0.39 is 0 Å². The number of rotatable bonds is 7. The van der Waals surface area contributed by atoms with Gasteiger partial charge in [0, 0.05) is 6.04 Å². The van der Waals surface area contributed by atoms with Crippen LogP contribution < -0.4 is 10.1 Å². The van der Waals surface area contributed by atoms with Crippen LogP contribution in [0.3, 0.4) is 0 Å². The van der Waals surface area contributed by atoms with Gasteiger partial charge in [-0.05, 0) is 61.8 Å². The zero-order valence-corrected chi connectivity index (χ0v) is 13.2. The Morgan fingerprint density at radius 2 is 2.10 bits per heavy atom. The molecule has 0 aromatic heterocycles. The van der Waals surface area contributed by atoms with Gasteiger partial charge < -0.3 is 10.1 Å².